The van der Waals surface area contributed by atoms with E-state index in [1.807, 2.05) is 12.1 Å². The number of rotatable bonds is 8. The van der Waals surface area contributed by atoms with E-state index in [1.165, 1.54) is 33.0 Å². The summed E-state index contributed by atoms with van der Waals surface area (Å²) >= 11 is 0. The SMILES string of the molecule is CC(C)Cc1cc(C(C)(C)C)ccc1-c1ccc(OCC(=O)O)c(Cc2cccc3ccccc23)c1. The number of carbonyl (C=O) groups is 1. The first-order valence-corrected chi connectivity index (χ1v) is 12.7. The summed E-state index contributed by atoms with van der Waals surface area (Å²) in [6, 6.07) is 27.7. The maximum Gasteiger partial charge on any atom is 0.341 e. The van der Waals surface area contributed by atoms with Crippen molar-refractivity contribution < 1.29 is 14.6 Å². The smallest absolute Gasteiger partial charge is 0.341 e. The van der Waals surface area contributed by atoms with Gasteiger partial charge in [0.25, 0.3) is 0 Å². The molecule has 4 aromatic carbocycles. The Bertz CT molecular complexity index is 1370. The number of hydrogen-bond acceptors (Lipinski definition) is 2. The number of carboxylic acid groups (broad SMARTS) is 1. The van der Waals surface area contributed by atoms with E-state index in [-0.39, 0.29) is 12.0 Å². The minimum Gasteiger partial charge on any atom is -0.482 e. The minimum atomic E-state index is -0.979. The Balaban J connectivity index is 1.81. The first-order valence-electron chi connectivity index (χ1n) is 12.7. The third kappa shape index (κ3) is 5.96. The molecule has 0 radical (unpaired) electrons. The normalized spacial score (nSPS) is 11.7. The first kappa shape index (κ1) is 25.5. The molecule has 0 fully saturated rings. The monoisotopic (exact) mass is 480 g/mol. The van der Waals surface area contributed by atoms with Crippen molar-refractivity contribution in [2.75, 3.05) is 6.61 Å². The van der Waals surface area contributed by atoms with Gasteiger partial charge in [-0.2, -0.15) is 0 Å². The van der Waals surface area contributed by atoms with E-state index in [2.05, 4.69) is 101 Å². The van der Waals surface area contributed by atoms with Crippen molar-refractivity contribution in [2.45, 2.75) is 52.9 Å². The predicted octanol–water partition coefficient (Wildman–Crippen LogP) is 8.06. The van der Waals surface area contributed by atoms with E-state index < -0.39 is 5.97 Å². The lowest BCUT2D eigenvalue weighted by atomic mass is 9.82. The lowest BCUT2D eigenvalue weighted by Gasteiger charge is -2.23. The molecule has 0 heterocycles. The van der Waals surface area contributed by atoms with Gasteiger partial charge in [0.1, 0.15) is 5.75 Å². The number of fused-ring (bicyclic) bond motifs is 1. The molecule has 0 aliphatic heterocycles. The molecule has 186 valence electrons. The quantitative estimate of drug-likeness (QED) is 0.277. The molecule has 0 amide bonds. The molecule has 0 bridgehead atoms. The van der Waals surface area contributed by atoms with Gasteiger partial charge < -0.3 is 9.84 Å². The van der Waals surface area contributed by atoms with Crippen molar-refractivity contribution in [3.63, 3.8) is 0 Å². The molecule has 0 aromatic heterocycles. The Morgan fingerprint density at radius 3 is 2.33 bits per heavy atom. The number of aliphatic carboxylic acids is 1. The van der Waals surface area contributed by atoms with E-state index in [0.29, 0.717) is 18.1 Å². The number of hydrogen-bond donors (Lipinski definition) is 1. The van der Waals surface area contributed by atoms with Crippen LogP contribution in [0.2, 0.25) is 0 Å². The summed E-state index contributed by atoms with van der Waals surface area (Å²) in [4.78, 5) is 11.2. The molecule has 3 nitrogen and oxygen atoms in total. The van der Waals surface area contributed by atoms with Crippen LogP contribution in [0.4, 0.5) is 0 Å². The topological polar surface area (TPSA) is 46.5 Å². The Hall–Kier alpha value is -3.59. The molecule has 0 aliphatic carbocycles. The molecule has 3 heteroatoms. The zero-order valence-corrected chi connectivity index (χ0v) is 22.0. The van der Waals surface area contributed by atoms with Crippen LogP contribution in [0.1, 0.15) is 56.9 Å². The van der Waals surface area contributed by atoms with Gasteiger partial charge in [-0.15, -0.1) is 0 Å². The second-order valence-electron chi connectivity index (χ2n) is 11.0. The number of ether oxygens (including phenoxy) is 1. The van der Waals surface area contributed by atoms with Gasteiger partial charge in [-0.3, -0.25) is 0 Å². The zero-order chi connectivity index (χ0) is 25.9. The molecule has 4 aromatic rings. The fourth-order valence-electron chi connectivity index (χ4n) is 4.77. The van der Waals surface area contributed by atoms with Crippen molar-refractivity contribution in [1.82, 2.24) is 0 Å². The Morgan fingerprint density at radius 1 is 0.861 bits per heavy atom. The van der Waals surface area contributed by atoms with Gasteiger partial charge in [-0.05, 0) is 74.0 Å². The highest BCUT2D eigenvalue weighted by molar-refractivity contribution is 5.86. The van der Waals surface area contributed by atoms with Crippen LogP contribution in [0.25, 0.3) is 21.9 Å². The summed E-state index contributed by atoms with van der Waals surface area (Å²) in [7, 11) is 0. The molecule has 36 heavy (non-hydrogen) atoms. The van der Waals surface area contributed by atoms with Crippen LogP contribution in [-0.4, -0.2) is 17.7 Å². The largest absolute Gasteiger partial charge is 0.482 e. The highest BCUT2D eigenvalue weighted by Gasteiger charge is 2.18. The van der Waals surface area contributed by atoms with E-state index in [1.54, 1.807) is 0 Å². The average Bonchev–Trinajstić information content (AvgIpc) is 2.82. The van der Waals surface area contributed by atoms with Crippen LogP contribution < -0.4 is 4.74 Å². The summed E-state index contributed by atoms with van der Waals surface area (Å²) < 4.78 is 5.73. The molecule has 0 unspecified atom stereocenters. The lowest BCUT2D eigenvalue weighted by Crippen LogP contribution is -2.12. The molecule has 4 rings (SSSR count). The first-order chi connectivity index (χ1) is 17.1. The van der Waals surface area contributed by atoms with Crippen molar-refractivity contribution in [2.24, 2.45) is 5.92 Å². The van der Waals surface area contributed by atoms with Gasteiger partial charge in [0, 0.05) is 6.42 Å². The highest BCUT2D eigenvalue weighted by Crippen LogP contribution is 2.35. The second kappa shape index (κ2) is 10.6. The average molecular weight is 481 g/mol. The standard InChI is InChI=1S/C33H36O3/c1-22(2)17-26-20-28(33(3,4)5)14-15-30(26)25-13-16-31(36-21-32(34)35)27(19-25)18-24-11-8-10-23-9-6-7-12-29(23)24/h6-16,19-20,22H,17-18,21H2,1-5H3,(H,34,35). The van der Waals surface area contributed by atoms with Crippen molar-refractivity contribution in [3.05, 3.63) is 101 Å². The summed E-state index contributed by atoms with van der Waals surface area (Å²) in [5.74, 6) is 0.172. The maximum atomic E-state index is 11.2. The van der Waals surface area contributed by atoms with Crippen molar-refractivity contribution in [3.8, 4) is 16.9 Å². The number of benzene rings is 4. The van der Waals surface area contributed by atoms with Crippen LogP contribution in [0.5, 0.6) is 5.75 Å². The van der Waals surface area contributed by atoms with E-state index in [9.17, 15) is 9.90 Å². The highest BCUT2D eigenvalue weighted by atomic mass is 16.5. The van der Waals surface area contributed by atoms with Crippen LogP contribution >= 0.6 is 0 Å². The zero-order valence-electron chi connectivity index (χ0n) is 22.0. The van der Waals surface area contributed by atoms with Gasteiger partial charge in [0.15, 0.2) is 6.61 Å². The third-order valence-electron chi connectivity index (χ3n) is 6.58. The van der Waals surface area contributed by atoms with Crippen LogP contribution in [0.15, 0.2) is 78.9 Å². The number of carboxylic acids is 1. The van der Waals surface area contributed by atoms with Gasteiger partial charge in [0.2, 0.25) is 0 Å². The van der Waals surface area contributed by atoms with Crippen LogP contribution in [-0.2, 0) is 23.1 Å². The Morgan fingerprint density at radius 2 is 1.61 bits per heavy atom. The molecule has 0 spiro atoms. The fourth-order valence-corrected chi connectivity index (χ4v) is 4.77. The molecule has 0 saturated carbocycles. The lowest BCUT2D eigenvalue weighted by molar-refractivity contribution is -0.139. The van der Waals surface area contributed by atoms with E-state index >= 15 is 0 Å². The molecule has 0 saturated heterocycles. The van der Waals surface area contributed by atoms with E-state index in [0.717, 1.165) is 17.5 Å². The second-order valence-corrected chi connectivity index (χ2v) is 11.0. The van der Waals surface area contributed by atoms with Crippen LogP contribution in [0.3, 0.4) is 0 Å². The third-order valence-corrected chi connectivity index (χ3v) is 6.58. The van der Waals surface area contributed by atoms with Gasteiger partial charge in [-0.25, -0.2) is 4.79 Å². The summed E-state index contributed by atoms with van der Waals surface area (Å²) in [5.41, 5.74) is 7.28. The Kier molecular flexibility index (Phi) is 7.49. The molecular weight excluding hydrogens is 444 g/mol. The Labute approximate surface area is 214 Å². The predicted molar refractivity (Wildman–Crippen MR) is 149 cm³/mol. The summed E-state index contributed by atoms with van der Waals surface area (Å²) in [5, 5.41) is 11.6. The summed E-state index contributed by atoms with van der Waals surface area (Å²) in [6.45, 7) is 10.9. The van der Waals surface area contributed by atoms with Crippen LogP contribution in [0, 0.1) is 5.92 Å². The van der Waals surface area contributed by atoms with Crippen molar-refractivity contribution in [1.29, 1.82) is 0 Å². The molecule has 0 aliphatic rings. The van der Waals surface area contributed by atoms with Gasteiger partial charge >= 0.3 is 5.97 Å². The van der Waals surface area contributed by atoms with E-state index in [4.69, 9.17) is 4.74 Å². The molecular formula is C33H36O3. The van der Waals surface area contributed by atoms with Gasteiger partial charge in [0.05, 0.1) is 0 Å². The fraction of sp³-hybridized carbons (Fsp3) is 0.303. The molecule has 1 N–H and O–H groups in total. The van der Waals surface area contributed by atoms with Gasteiger partial charge in [-0.1, -0.05) is 101 Å². The van der Waals surface area contributed by atoms with Crippen molar-refractivity contribution >= 4 is 16.7 Å². The maximum absolute atomic E-state index is 11.2. The minimum absolute atomic E-state index is 0.0817. The molecule has 0 atom stereocenters. The summed E-state index contributed by atoms with van der Waals surface area (Å²) in [6.07, 6.45) is 1.65.